The molecule has 0 saturated carbocycles. The molecule has 2 aromatic carbocycles. The quantitative estimate of drug-likeness (QED) is 0.507. The Labute approximate surface area is 150 Å². The summed E-state index contributed by atoms with van der Waals surface area (Å²) < 4.78 is 12.9. The first-order valence-corrected chi connectivity index (χ1v) is 8.64. The van der Waals surface area contributed by atoms with Gasteiger partial charge in [-0.05, 0) is 75.5 Å². The number of hydrogen-bond donors (Lipinski definition) is 0. The lowest BCUT2D eigenvalue weighted by atomic mass is 10.1. The summed E-state index contributed by atoms with van der Waals surface area (Å²) in [6.07, 6.45) is 0. The molecule has 0 bridgehead atoms. The average molecular weight is 438 g/mol. The minimum Gasteiger partial charge on any atom is -0.487 e. The lowest BCUT2D eigenvalue weighted by molar-refractivity contribution is 0.302. The van der Waals surface area contributed by atoms with Gasteiger partial charge in [-0.15, -0.1) is 0 Å². The van der Waals surface area contributed by atoms with Gasteiger partial charge in [-0.25, -0.2) is 4.79 Å². The highest BCUT2D eigenvalue weighted by Gasteiger charge is 2.11. The van der Waals surface area contributed by atoms with E-state index in [1.165, 1.54) is 6.07 Å². The number of halogens is 2. The number of benzene rings is 2. The first-order valence-electron chi connectivity index (χ1n) is 7.06. The van der Waals surface area contributed by atoms with Gasteiger partial charge >= 0.3 is 5.63 Å². The van der Waals surface area contributed by atoms with Gasteiger partial charge in [0.2, 0.25) is 0 Å². The van der Waals surface area contributed by atoms with E-state index in [1.807, 2.05) is 44.2 Å². The normalized spacial score (nSPS) is 11.0. The van der Waals surface area contributed by atoms with Crippen molar-refractivity contribution in [2.24, 2.45) is 0 Å². The minimum atomic E-state index is -0.373. The largest absolute Gasteiger partial charge is 0.487 e. The molecule has 0 aliphatic carbocycles. The number of hydrogen-bond acceptors (Lipinski definition) is 3. The summed E-state index contributed by atoms with van der Waals surface area (Å²) in [6, 6.07) is 11.2. The Morgan fingerprint density at radius 1 is 1.00 bits per heavy atom. The van der Waals surface area contributed by atoms with Crippen molar-refractivity contribution in [2.75, 3.05) is 0 Å². The predicted molar refractivity (Wildman–Crippen MR) is 98.1 cm³/mol. The summed E-state index contributed by atoms with van der Waals surface area (Å²) in [7, 11) is 0. The highest BCUT2D eigenvalue weighted by molar-refractivity contribution is 9.11. The molecule has 5 heteroatoms. The van der Waals surface area contributed by atoms with Crippen molar-refractivity contribution < 1.29 is 9.15 Å². The Morgan fingerprint density at radius 2 is 1.70 bits per heavy atom. The molecule has 3 aromatic rings. The molecule has 3 nitrogen and oxygen atoms in total. The van der Waals surface area contributed by atoms with Crippen LogP contribution in [0.5, 0.6) is 5.75 Å². The molecule has 0 unspecified atom stereocenters. The van der Waals surface area contributed by atoms with Crippen LogP contribution in [0.2, 0.25) is 0 Å². The number of ether oxygens (including phenoxy) is 1. The predicted octanol–water partition coefficient (Wildman–Crippen LogP) is 5.51. The van der Waals surface area contributed by atoms with E-state index in [4.69, 9.17) is 9.15 Å². The van der Waals surface area contributed by atoms with Gasteiger partial charge in [0.25, 0.3) is 0 Å². The lowest BCUT2D eigenvalue weighted by Crippen LogP contribution is -2.04. The van der Waals surface area contributed by atoms with Gasteiger partial charge in [-0.1, -0.05) is 11.6 Å². The topological polar surface area (TPSA) is 39.4 Å². The van der Waals surface area contributed by atoms with Gasteiger partial charge < -0.3 is 9.15 Å². The fourth-order valence-corrected chi connectivity index (χ4v) is 4.08. The van der Waals surface area contributed by atoms with Crippen LogP contribution in [0, 0.1) is 13.8 Å². The Balaban J connectivity index is 1.99. The van der Waals surface area contributed by atoms with Gasteiger partial charge in [-0.3, -0.25) is 0 Å². The van der Waals surface area contributed by atoms with Crippen molar-refractivity contribution in [3.05, 3.63) is 72.5 Å². The number of aryl methyl sites for hydroxylation is 2. The van der Waals surface area contributed by atoms with Gasteiger partial charge in [0, 0.05) is 17.0 Å². The Bertz CT molecular complexity index is 922. The Hall–Kier alpha value is -1.59. The summed E-state index contributed by atoms with van der Waals surface area (Å²) in [6.45, 7) is 4.30. The zero-order chi connectivity index (χ0) is 16.6. The van der Waals surface area contributed by atoms with Crippen LogP contribution in [0.1, 0.15) is 16.7 Å². The van der Waals surface area contributed by atoms with Crippen LogP contribution in [0.3, 0.4) is 0 Å². The molecule has 0 amide bonds. The molecule has 0 atom stereocenters. The average Bonchev–Trinajstić information content (AvgIpc) is 2.46. The zero-order valence-electron chi connectivity index (χ0n) is 12.7. The second kappa shape index (κ2) is 6.49. The van der Waals surface area contributed by atoms with Gasteiger partial charge in [0.15, 0.2) is 0 Å². The van der Waals surface area contributed by atoms with E-state index in [9.17, 15) is 4.79 Å². The maximum atomic E-state index is 11.7. The summed E-state index contributed by atoms with van der Waals surface area (Å²) in [5, 5.41) is 0.893. The minimum absolute atomic E-state index is 0.284. The molecule has 0 N–H and O–H groups in total. The van der Waals surface area contributed by atoms with Gasteiger partial charge in [0.1, 0.15) is 17.9 Å². The summed E-state index contributed by atoms with van der Waals surface area (Å²) >= 11 is 7.02. The van der Waals surface area contributed by atoms with E-state index >= 15 is 0 Å². The highest BCUT2D eigenvalue weighted by Crippen LogP contribution is 2.35. The fourth-order valence-electron chi connectivity index (χ4n) is 2.44. The molecule has 1 aromatic heterocycles. The number of fused-ring (bicyclic) bond motifs is 1. The van der Waals surface area contributed by atoms with Crippen molar-refractivity contribution >= 4 is 42.8 Å². The van der Waals surface area contributed by atoms with Crippen molar-refractivity contribution in [3.63, 3.8) is 0 Å². The van der Waals surface area contributed by atoms with E-state index in [1.54, 1.807) is 0 Å². The molecular formula is C18H14Br2O3. The maximum Gasteiger partial charge on any atom is 0.336 e. The first kappa shape index (κ1) is 16.3. The number of rotatable bonds is 3. The van der Waals surface area contributed by atoms with Crippen LogP contribution < -0.4 is 10.4 Å². The second-order valence-corrected chi connectivity index (χ2v) is 7.15. The zero-order valence-corrected chi connectivity index (χ0v) is 15.8. The molecule has 0 radical (unpaired) electrons. The second-order valence-electron chi connectivity index (χ2n) is 5.44. The van der Waals surface area contributed by atoms with Crippen LogP contribution in [0.4, 0.5) is 0 Å². The van der Waals surface area contributed by atoms with Crippen LogP contribution in [-0.4, -0.2) is 0 Å². The van der Waals surface area contributed by atoms with Gasteiger partial charge in [0.05, 0.1) is 8.95 Å². The monoisotopic (exact) mass is 436 g/mol. The highest BCUT2D eigenvalue weighted by atomic mass is 79.9. The summed E-state index contributed by atoms with van der Waals surface area (Å²) in [5.74, 6) is 0.713. The van der Waals surface area contributed by atoms with Crippen molar-refractivity contribution in [2.45, 2.75) is 20.5 Å². The van der Waals surface area contributed by atoms with Crippen molar-refractivity contribution in [1.29, 1.82) is 0 Å². The molecule has 0 fully saturated rings. The summed E-state index contributed by atoms with van der Waals surface area (Å²) in [5.41, 5.74) is 3.23. The van der Waals surface area contributed by atoms with E-state index in [0.717, 1.165) is 31.0 Å². The fraction of sp³-hybridized carbons (Fsp3) is 0.167. The molecular weight excluding hydrogens is 424 g/mol. The standard InChI is InChI=1S/C18H14Br2O3/c1-10-3-4-16-13(5-10)12(8-17(21)23-16)9-22-18-14(19)6-11(2)7-15(18)20/h3-8H,9H2,1-2H3. The lowest BCUT2D eigenvalue weighted by Gasteiger charge is -2.12. The third-order valence-corrected chi connectivity index (χ3v) is 4.68. The molecule has 0 aliphatic rings. The van der Waals surface area contributed by atoms with Crippen LogP contribution >= 0.6 is 31.9 Å². The molecule has 118 valence electrons. The van der Waals surface area contributed by atoms with E-state index in [0.29, 0.717) is 11.3 Å². The van der Waals surface area contributed by atoms with E-state index in [2.05, 4.69) is 31.9 Å². The Kier molecular flexibility index (Phi) is 4.60. The smallest absolute Gasteiger partial charge is 0.336 e. The summed E-state index contributed by atoms with van der Waals surface area (Å²) in [4.78, 5) is 11.7. The maximum absolute atomic E-state index is 11.7. The molecule has 23 heavy (non-hydrogen) atoms. The molecule has 0 saturated heterocycles. The Morgan fingerprint density at radius 3 is 2.39 bits per heavy atom. The van der Waals surface area contributed by atoms with Gasteiger partial charge in [-0.2, -0.15) is 0 Å². The van der Waals surface area contributed by atoms with Crippen molar-refractivity contribution in [1.82, 2.24) is 0 Å². The molecule has 0 aliphatic heterocycles. The van der Waals surface area contributed by atoms with Crippen LogP contribution in [0.25, 0.3) is 11.0 Å². The first-order chi connectivity index (χ1) is 10.9. The molecule has 3 rings (SSSR count). The van der Waals surface area contributed by atoms with E-state index < -0.39 is 0 Å². The molecule has 0 spiro atoms. The van der Waals surface area contributed by atoms with Crippen molar-refractivity contribution in [3.8, 4) is 5.75 Å². The van der Waals surface area contributed by atoms with Crippen LogP contribution in [0.15, 0.2) is 54.6 Å². The SMILES string of the molecule is Cc1cc(Br)c(OCc2cc(=O)oc3ccc(C)cc23)c(Br)c1. The third-order valence-electron chi connectivity index (χ3n) is 3.50. The van der Waals surface area contributed by atoms with E-state index in [-0.39, 0.29) is 12.2 Å². The third kappa shape index (κ3) is 3.51. The van der Waals surface area contributed by atoms with Crippen LogP contribution in [-0.2, 0) is 6.61 Å². The molecule has 1 heterocycles.